The Kier molecular flexibility index (Phi) is 4.25. The number of fused-ring (bicyclic) bond motifs is 1. The highest BCUT2D eigenvalue weighted by Gasteiger charge is 2.23. The number of likely N-dealkylation sites (tertiary alicyclic amines) is 1. The molecule has 7 heteroatoms. The summed E-state index contributed by atoms with van der Waals surface area (Å²) >= 11 is 0. The van der Waals surface area contributed by atoms with Crippen LogP contribution in [0.1, 0.15) is 37.3 Å². The zero-order valence-corrected chi connectivity index (χ0v) is 14.0. The minimum Gasteiger partial charge on any atom is -0.335 e. The average molecular weight is 325 g/mol. The summed E-state index contributed by atoms with van der Waals surface area (Å²) in [6, 6.07) is 2.46. The van der Waals surface area contributed by atoms with Crippen molar-refractivity contribution >= 4 is 5.78 Å². The lowest BCUT2D eigenvalue weighted by Crippen LogP contribution is -2.39. The van der Waals surface area contributed by atoms with Crippen molar-refractivity contribution in [1.82, 2.24) is 34.0 Å². The molecule has 126 valence electrons. The van der Waals surface area contributed by atoms with Gasteiger partial charge in [0.15, 0.2) is 5.82 Å². The molecule has 4 heterocycles. The first-order valence-electron chi connectivity index (χ1n) is 8.67. The second-order valence-corrected chi connectivity index (χ2v) is 6.47. The van der Waals surface area contributed by atoms with Crippen molar-refractivity contribution in [1.29, 1.82) is 0 Å². The molecule has 0 unspecified atom stereocenters. The SMILES string of the molecule is Cc1nccn1CC[C@@H]1CCCCN1Cc1nc2ncccn2n1. The Hall–Kier alpha value is -2.28. The third kappa shape index (κ3) is 3.17. The van der Waals surface area contributed by atoms with Gasteiger partial charge in [0.25, 0.3) is 5.78 Å². The van der Waals surface area contributed by atoms with E-state index in [0.29, 0.717) is 11.8 Å². The van der Waals surface area contributed by atoms with Gasteiger partial charge >= 0.3 is 0 Å². The largest absolute Gasteiger partial charge is 0.335 e. The lowest BCUT2D eigenvalue weighted by atomic mass is 9.99. The molecular formula is C17H23N7. The van der Waals surface area contributed by atoms with Gasteiger partial charge in [-0.15, -0.1) is 5.10 Å². The van der Waals surface area contributed by atoms with Crippen molar-refractivity contribution in [3.8, 4) is 0 Å². The summed E-state index contributed by atoms with van der Waals surface area (Å²) in [4.78, 5) is 15.6. The second-order valence-electron chi connectivity index (χ2n) is 6.47. The Morgan fingerprint density at radius 1 is 1.17 bits per heavy atom. The van der Waals surface area contributed by atoms with Crippen molar-refractivity contribution in [3.63, 3.8) is 0 Å². The molecule has 0 radical (unpaired) electrons. The van der Waals surface area contributed by atoms with Crippen LogP contribution >= 0.6 is 0 Å². The van der Waals surface area contributed by atoms with Crippen LogP contribution in [0.3, 0.4) is 0 Å². The Morgan fingerprint density at radius 2 is 2.12 bits per heavy atom. The smallest absolute Gasteiger partial charge is 0.252 e. The van der Waals surface area contributed by atoms with Gasteiger partial charge in [0.05, 0.1) is 6.54 Å². The van der Waals surface area contributed by atoms with Crippen LogP contribution in [0.5, 0.6) is 0 Å². The molecule has 1 aliphatic heterocycles. The standard InChI is InChI=1S/C17H23N7/c1-14-18-8-12-22(14)11-6-15-5-2-3-9-23(15)13-16-20-17-19-7-4-10-24(17)21-16/h4,7-8,10,12,15H,2-3,5-6,9,11,13H2,1H3/t15-/m0/s1. The van der Waals surface area contributed by atoms with Gasteiger partial charge in [0.1, 0.15) is 5.82 Å². The number of nitrogens with zero attached hydrogens (tertiary/aromatic N) is 7. The van der Waals surface area contributed by atoms with Crippen LogP contribution in [0.25, 0.3) is 5.78 Å². The molecule has 3 aromatic heterocycles. The van der Waals surface area contributed by atoms with Crippen molar-refractivity contribution in [2.75, 3.05) is 6.54 Å². The molecule has 24 heavy (non-hydrogen) atoms. The Labute approximate surface area is 141 Å². The Balaban J connectivity index is 1.44. The first-order chi connectivity index (χ1) is 11.8. The fourth-order valence-corrected chi connectivity index (χ4v) is 3.55. The van der Waals surface area contributed by atoms with Crippen molar-refractivity contribution in [3.05, 3.63) is 42.5 Å². The summed E-state index contributed by atoms with van der Waals surface area (Å²) in [7, 11) is 0. The molecule has 1 fully saturated rings. The lowest BCUT2D eigenvalue weighted by molar-refractivity contribution is 0.125. The predicted octanol–water partition coefficient (Wildman–Crippen LogP) is 2.07. The number of imidazole rings is 1. The minimum absolute atomic E-state index is 0.583. The molecule has 0 aromatic carbocycles. The lowest BCUT2D eigenvalue weighted by Gasteiger charge is -2.35. The van der Waals surface area contributed by atoms with Gasteiger partial charge in [0, 0.05) is 37.4 Å². The predicted molar refractivity (Wildman–Crippen MR) is 90.4 cm³/mol. The Bertz CT molecular complexity index is 773. The van der Waals surface area contributed by atoms with Crippen LogP contribution in [-0.4, -0.2) is 46.6 Å². The average Bonchev–Trinajstić information content (AvgIpc) is 3.19. The van der Waals surface area contributed by atoms with E-state index in [2.05, 4.69) is 42.6 Å². The number of piperidine rings is 1. The van der Waals surface area contributed by atoms with Gasteiger partial charge in [-0.25, -0.2) is 14.5 Å². The van der Waals surface area contributed by atoms with Crippen LogP contribution in [-0.2, 0) is 13.1 Å². The van der Waals surface area contributed by atoms with Crippen molar-refractivity contribution in [2.45, 2.75) is 51.7 Å². The fraction of sp³-hybridized carbons (Fsp3) is 0.529. The van der Waals surface area contributed by atoms with E-state index in [0.717, 1.165) is 37.7 Å². The molecule has 0 N–H and O–H groups in total. The highest BCUT2D eigenvalue weighted by Crippen LogP contribution is 2.22. The molecule has 0 saturated carbocycles. The number of aryl methyl sites for hydroxylation is 2. The summed E-state index contributed by atoms with van der Waals surface area (Å²) in [5, 5.41) is 4.55. The molecule has 0 aliphatic carbocycles. The van der Waals surface area contributed by atoms with Gasteiger partial charge < -0.3 is 4.57 Å². The number of aromatic nitrogens is 6. The molecule has 7 nitrogen and oxygen atoms in total. The molecular weight excluding hydrogens is 302 g/mol. The van der Waals surface area contributed by atoms with E-state index in [9.17, 15) is 0 Å². The van der Waals surface area contributed by atoms with Crippen LogP contribution in [0, 0.1) is 6.92 Å². The number of hydrogen-bond donors (Lipinski definition) is 0. The number of hydrogen-bond acceptors (Lipinski definition) is 5. The van der Waals surface area contributed by atoms with E-state index < -0.39 is 0 Å². The summed E-state index contributed by atoms with van der Waals surface area (Å²) < 4.78 is 3.99. The fourth-order valence-electron chi connectivity index (χ4n) is 3.55. The summed E-state index contributed by atoms with van der Waals surface area (Å²) in [5.74, 6) is 2.62. The van der Waals surface area contributed by atoms with Crippen LogP contribution < -0.4 is 0 Å². The summed E-state index contributed by atoms with van der Waals surface area (Å²) in [6.45, 7) is 5.01. The van der Waals surface area contributed by atoms with Crippen molar-refractivity contribution < 1.29 is 0 Å². The normalized spacial score (nSPS) is 19.1. The third-order valence-corrected chi connectivity index (χ3v) is 4.88. The quantitative estimate of drug-likeness (QED) is 0.718. The zero-order valence-electron chi connectivity index (χ0n) is 14.0. The zero-order chi connectivity index (χ0) is 16.4. The number of rotatable bonds is 5. The molecule has 1 atom stereocenters. The van der Waals surface area contributed by atoms with E-state index in [-0.39, 0.29) is 0 Å². The van der Waals surface area contributed by atoms with Gasteiger partial charge in [0.2, 0.25) is 0 Å². The minimum atomic E-state index is 0.583. The van der Waals surface area contributed by atoms with E-state index in [4.69, 9.17) is 0 Å². The monoisotopic (exact) mass is 325 g/mol. The second kappa shape index (κ2) is 6.68. The molecule has 0 spiro atoms. The molecule has 0 bridgehead atoms. The third-order valence-electron chi connectivity index (χ3n) is 4.88. The van der Waals surface area contributed by atoms with Gasteiger partial charge in [-0.1, -0.05) is 6.42 Å². The van der Waals surface area contributed by atoms with Crippen LogP contribution in [0.15, 0.2) is 30.9 Å². The van der Waals surface area contributed by atoms with Crippen LogP contribution in [0.4, 0.5) is 0 Å². The van der Waals surface area contributed by atoms with Gasteiger partial charge in [-0.2, -0.15) is 4.98 Å². The Morgan fingerprint density at radius 3 is 2.96 bits per heavy atom. The van der Waals surface area contributed by atoms with E-state index >= 15 is 0 Å². The highest BCUT2D eigenvalue weighted by atomic mass is 15.3. The summed E-state index contributed by atoms with van der Waals surface area (Å²) in [6.07, 6.45) is 12.6. The molecule has 1 saturated heterocycles. The first kappa shape index (κ1) is 15.3. The highest BCUT2D eigenvalue weighted by molar-refractivity contribution is 5.24. The van der Waals surface area contributed by atoms with Gasteiger partial charge in [-0.05, 0) is 38.8 Å². The maximum atomic E-state index is 4.55. The topological polar surface area (TPSA) is 64.1 Å². The van der Waals surface area contributed by atoms with E-state index in [1.54, 1.807) is 10.7 Å². The van der Waals surface area contributed by atoms with Crippen LogP contribution in [0.2, 0.25) is 0 Å². The van der Waals surface area contributed by atoms with Gasteiger partial charge in [-0.3, -0.25) is 4.90 Å². The van der Waals surface area contributed by atoms with E-state index in [1.807, 2.05) is 18.5 Å². The molecule has 4 rings (SSSR count). The summed E-state index contributed by atoms with van der Waals surface area (Å²) in [5.41, 5.74) is 0. The maximum absolute atomic E-state index is 4.55. The molecule has 1 aliphatic rings. The first-order valence-corrected chi connectivity index (χ1v) is 8.67. The molecule has 3 aromatic rings. The molecule has 0 amide bonds. The van der Waals surface area contributed by atoms with E-state index in [1.165, 1.54) is 19.3 Å². The van der Waals surface area contributed by atoms with Crippen molar-refractivity contribution in [2.24, 2.45) is 0 Å². The maximum Gasteiger partial charge on any atom is 0.252 e.